The molecule has 0 unspecified atom stereocenters. The highest BCUT2D eigenvalue weighted by Crippen LogP contribution is 2.36. The molecular formula is C30H35N3. The molecule has 4 aromatic rings. The smallest absolute Gasteiger partial charge is 0.0948 e. The summed E-state index contributed by atoms with van der Waals surface area (Å²) in [6.45, 7) is 4.16. The maximum Gasteiger partial charge on any atom is 0.0948 e. The standard InChI is InChI=1S/C30H35N3/c1-2-3-4-14-23-33-25-31-24-29(33)21-22-32-30(26-15-8-5-9-16-26,27-17-10-6-11-18-27)28-19-12-7-13-20-28/h5-13,15-20,24-25,32H,2-4,14,21-23H2,1H3. The first-order valence-electron chi connectivity index (χ1n) is 12.2. The lowest BCUT2D eigenvalue weighted by molar-refractivity contribution is 0.469. The van der Waals surface area contributed by atoms with Crippen LogP contribution in [0.2, 0.25) is 0 Å². The summed E-state index contributed by atoms with van der Waals surface area (Å²) in [4.78, 5) is 4.45. The molecule has 0 saturated carbocycles. The largest absolute Gasteiger partial charge is 0.335 e. The molecular weight excluding hydrogens is 402 g/mol. The minimum atomic E-state index is -0.421. The van der Waals surface area contributed by atoms with Crippen LogP contribution in [0.5, 0.6) is 0 Å². The SMILES string of the molecule is CCCCCCn1cncc1CCNC(c1ccccc1)(c1ccccc1)c1ccccc1. The lowest BCUT2D eigenvalue weighted by Crippen LogP contribution is -2.45. The number of nitrogens with zero attached hydrogens (tertiary/aromatic N) is 2. The van der Waals surface area contributed by atoms with E-state index in [1.54, 1.807) is 0 Å². The highest BCUT2D eigenvalue weighted by atomic mass is 15.1. The highest BCUT2D eigenvalue weighted by molar-refractivity contribution is 5.49. The average Bonchev–Trinajstić information content (AvgIpc) is 3.33. The second kappa shape index (κ2) is 11.6. The van der Waals surface area contributed by atoms with Crippen LogP contribution in [0.3, 0.4) is 0 Å². The van der Waals surface area contributed by atoms with Gasteiger partial charge in [0, 0.05) is 31.4 Å². The van der Waals surface area contributed by atoms with Crippen molar-refractivity contribution in [1.82, 2.24) is 14.9 Å². The summed E-state index contributed by atoms with van der Waals surface area (Å²) in [7, 11) is 0. The summed E-state index contributed by atoms with van der Waals surface area (Å²) in [5.41, 5.74) is 4.61. The Morgan fingerprint density at radius 1 is 0.727 bits per heavy atom. The van der Waals surface area contributed by atoms with Gasteiger partial charge < -0.3 is 4.57 Å². The fourth-order valence-electron chi connectivity index (χ4n) is 4.72. The quantitative estimate of drug-likeness (QED) is 0.200. The van der Waals surface area contributed by atoms with E-state index in [0.717, 1.165) is 19.5 Å². The molecule has 0 spiro atoms. The second-order valence-electron chi connectivity index (χ2n) is 8.66. The van der Waals surface area contributed by atoms with Gasteiger partial charge in [0.15, 0.2) is 0 Å². The molecule has 1 aromatic heterocycles. The Morgan fingerprint density at radius 3 is 1.79 bits per heavy atom. The van der Waals surface area contributed by atoms with Crippen molar-refractivity contribution in [2.75, 3.05) is 6.54 Å². The third kappa shape index (κ3) is 5.43. The fraction of sp³-hybridized carbons (Fsp3) is 0.300. The molecule has 3 aromatic carbocycles. The van der Waals surface area contributed by atoms with Gasteiger partial charge in [-0.25, -0.2) is 4.98 Å². The predicted octanol–water partition coefficient (Wildman–Crippen LogP) is 6.59. The first kappa shape index (κ1) is 23.0. The van der Waals surface area contributed by atoms with Crippen LogP contribution in [0.15, 0.2) is 104 Å². The molecule has 0 fully saturated rings. The molecule has 170 valence electrons. The number of benzene rings is 3. The van der Waals surface area contributed by atoms with Crippen LogP contribution in [-0.2, 0) is 18.5 Å². The normalized spacial score (nSPS) is 11.5. The van der Waals surface area contributed by atoms with Gasteiger partial charge in [-0.1, -0.05) is 117 Å². The summed E-state index contributed by atoms with van der Waals surface area (Å²) in [5.74, 6) is 0. The molecule has 3 nitrogen and oxygen atoms in total. The molecule has 0 atom stereocenters. The highest BCUT2D eigenvalue weighted by Gasteiger charge is 2.35. The molecule has 0 aliphatic rings. The summed E-state index contributed by atoms with van der Waals surface area (Å²) in [5, 5.41) is 3.98. The number of hydrogen-bond donors (Lipinski definition) is 1. The van der Waals surface area contributed by atoms with Crippen LogP contribution < -0.4 is 5.32 Å². The third-order valence-corrected chi connectivity index (χ3v) is 6.44. The van der Waals surface area contributed by atoms with E-state index < -0.39 is 5.54 Å². The first-order chi connectivity index (χ1) is 16.3. The van der Waals surface area contributed by atoms with Gasteiger partial charge in [0.05, 0.1) is 11.9 Å². The summed E-state index contributed by atoms with van der Waals surface area (Å²) >= 11 is 0. The number of aromatic nitrogens is 2. The molecule has 3 heteroatoms. The molecule has 0 saturated heterocycles. The van der Waals surface area contributed by atoms with Crippen molar-refractivity contribution >= 4 is 0 Å². The summed E-state index contributed by atoms with van der Waals surface area (Å²) in [6, 6.07) is 32.4. The lowest BCUT2D eigenvalue weighted by atomic mass is 9.77. The van der Waals surface area contributed by atoms with Crippen LogP contribution in [0.4, 0.5) is 0 Å². The number of imidazole rings is 1. The fourth-order valence-corrected chi connectivity index (χ4v) is 4.72. The molecule has 4 rings (SSSR count). The Hall–Kier alpha value is -3.17. The van der Waals surface area contributed by atoms with Crippen LogP contribution in [0, 0.1) is 0 Å². The van der Waals surface area contributed by atoms with Gasteiger partial charge in [-0.3, -0.25) is 5.32 Å². The van der Waals surface area contributed by atoms with E-state index in [0.29, 0.717) is 0 Å². The number of nitrogens with one attached hydrogen (secondary N) is 1. The van der Waals surface area contributed by atoms with Gasteiger partial charge in [-0.15, -0.1) is 0 Å². The topological polar surface area (TPSA) is 29.9 Å². The van der Waals surface area contributed by atoms with Crippen molar-refractivity contribution in [2.45, 2.75) is 51.1 Å². The zero-order chi connectivity index (χ0) is 22.8. The van der Waals surface area contributed by atoms with Crippen LogP contribution in [0.1, 0.15) is 55.0 Å². The summed E-state index contributed by atoms with van der Waals surface area (Å²) < 4.78 is 2.33. The third-order valence-electron chi connectivity index (χ3n) is 6.44. The van der Waals surface area contributed by atoms with Gasteiger partial charge in [-0.05, 0) is 23.1 Å². The summed E-state index contributed by atoms with van der Waals surface area (Å²) in [6.07, 6.45) is 10.0. The minimum Gasteiger partial charge on any atom is -0.335 e. The van der Waals surface area contributed by atoms with E-state index in [9.17, 15) is 0 Å². The van der Waals surface area contributed by atoms with Gasteiger partial charge >= 0.3 is 0 Å². The number of aryl methyl sites for hydroxylation is 1. The van der Waals surface area contributed by atoms with Crippen molar-refractivity contribution in [3.8, 4) is 0 Å². The van der Waals surface area contributed by atoms with Crippen LogP contribution >= 0.6 is 0 Å². The Bertz CT molecular complexity index is 975. The Balaban J connectivity index is 1.62. The van der Waals surface area contributed by atoms with Gasteiger partial charge in [-0.2, -0.15) is 0 Å². The van der Waals surface area contributed by atoms with Crippen LogP contribution in [-0.4, -0.2) is 16.1 Å². The van der Waals surface area contributed by atoms with E-state index in [1.807, 2.05) is 12.5 Å². The van der Waals surface area contributed by atoms with E-state index >= 15 is 0 Å². The van der Waals surface area contributed by atoms with E-state index in [-0.39, 0.29) is 0 Å². The molecule has 0 amide bonds. The van der Waals surface area contributed by atoms with Crippen molar-refractivity contribution in [3.05, 3.63) is 126 Å². The Morgan fingerprint density at radius 2 is 1.27 bits per heavy atom. The van der Waals surface area contributed by atoms with Crippen molar-refractivity contribution in [3.63, 3.8) is 0 Å². The van der Waals surface area contributed by atoms with E-state index in [4.69, 9.17) is 0 Å². The monoisotopic (exact) mass is 437 g/mol. The van der Waals surface area contributed by atoms with Crippen molar-refractivity contribution in [2.24, 2.45) is 0 Å². The molecule has 0 aliphatic heterocycles. The zero-order valence-electron chi connectivity index (χ0n) is 19.7. The Kier molecular flexibility index (Phi) is 8.10. The molecule has 1 N–H and O–H groups in total. The molecule has 0 bridgehead atoms. The number of unbranched alkanes of at least 4 members (excludes halogenated alkanes) is 3. The maximum absolute atomic E-state index is 4.45. The van der Waals surface area contributed by atoms with Gasteiger partial charge in [0.2, 0.25) is 0 Å². The second-order valence-corrected chi connectivity index (χ2v) is 8.66. The Labute approximate surface area is 198 Å². The molecule has 1 heterocycles. The number of rotatable bonds is 12. The van der Waals surface area contributed by atoms with Gasteiger partial charge in [0.1, 0.15) is 0 Å². The lowest BCUT2D eigenvalue weighted by Gasteiger charge is -2.37. The molecule has 0 radical (unpaired) electrons. The van der Waals surface area contributed by atoms with Crippen molar-refractivity contribution < 1.29 is 0 Å². The van der Waals surface area contributed by atoms with E-state index in [2.05, 4.69) is 113 Å². The van der Waals surface area contributed by atoms with Gasteiger partial charge in [0.25, 0.3) is 0 Å². The minimum absolute atomic E-state index is 0.421. The zero-order valence-corrected chi connectivity index (χ0v) is 19.7. The van der Waals surface area contributed by atoms with Crippen LogP contribution in [0.25, 0.3) is 0 Å². The first-order valence-corrected chi connectivity index (χ1v) is 12.2. The maximum atomic E-state index is 4.45. The predicted molar refractivity (Wildman–Crippen MR) is 137 cm³/mol. The average molecular weight is 438 g/mol. The number of hydrogen-bond acceptors (Lipinski definition) is 2. The van der Waals surface area contributed by atoms with E-state index in [1.165, 1.54) is 48.1 Å². The molecule has 0 aliphatic carbocycles. The van der Waals surface area contributed by atoms with Crippen molar-refractivity contribution in [1.29, 1.82) is 0 Å². The molecule has 33 heavy (non-hydrogen) atoms.